The lowest BCUT2D eigenvalue weighted by molar-refractivity contribution is -0.152. The highest BCUT2D eigenvalue weighted by Crippen LogP contribution is 2.33. The molecule has 7 nitrogen and oxygen atoms in total. The molecular formula is C19H26N2O5. The monoisotopic (exact) mass is 362 g/mol. The zero-order valence-electron chi connectivity index (χ0n) is 15.5. The Morgan fingerprint density at radius 2 is 1.96 bits per heavy atom. The number of carbonyl (C=O) groups excluding carboxylic acids is 3. The second kappa shape index (κ2) is 9.22. The summed E-state index contributed by atoms with van der Waals surface area (Å²) in [6, 6.07) is 7.23. The molecule has 1 aliphatic rings. The molecular weight excluding hydrogens is 336 g/mol. The molecule has 1 atom stereocenters. The summed E-state index contributed by atoms with van der Waals surface area (Å²) < 4.78 is 10.4. The van der Waals surface area contributed by atoms with Gasteiger partial charge in [-0.25, -0.2) is 0 Å². The van der Waals surface area contributed by atoms with Crippen molar-refractivity contribution in [3.05, 3.63) is 24.3 Å². The fraction of sp³-hybridized carbons (Fsp3) is 0.526. The summed E-state index contributed by atoms with van der Waals surface area (Å²) in [5.74, 6) is -1.04. The number of para-hydroxylation sites is 2. The fourth-order valence-electron chi connectivity index (χ4n) is 2.97. The Balaban J connectivity index is 1.91. The fourth-order valence-corrected chi connectivity index (χ4v) is 2.97. The van der Waals surface area contributed by atoms with E-state index in [0.29, 0.717) is 11.4 Å². The van der Waals surface area contributed by atoms with Crippen molar-refractivity contribution >= 4 is 23.5 Å². The molecule has 0 unspecified atom stereocenters. The lowest BCUT2D eigenvalue weighted by Gasteiger charge is -2.19. The van der Waals surface area contributed by atoms with Crippen molar-refractivity contribution in [2.75, 3.05) is 25.2 Å². The standard InChI is InChI=1S/C19H26N2O5/c1-4-14(5-2)20-17(22)12-26-19(24)13-10-18(23)21(11-13)15-8-6-7-9-16(15)25-3/h6-9,13-14H,4-5,10-12H2,1-3H3,(H,20,22)/t13-/m0/s1. The lowest BCUT2D eigenvalue weighted by Crippen LogP contribution is -2.37. The van der Waals surface area contributed by atoms with Crippen molar-refractivity contribution in [3.63, 3.8) is 0 Å². The van der Waals surface area contributed by atoms with Gasteiger partial charge in [0.1, 0.15) is 5.75 Å². The summed E-state index contributed by atoms with van der Waals surface area (Å²) in [6.07, 6.45) is 1.70. The van der Waals surface area contributed by atoms with Crippen LogP contribution in [0.4, 0.5) is 5.69 Å². The van der Waals surface area contributed by atoms with Crippen LogP contribution in [-0.4, -0.2) is 44.1 Å². The zero-order chi connectivity index (χ0) is 19.1. The van der Waals surface area contributed by atoms with Gasteiger partial charge >= 0.3 is 5.97 Å². The number of esters is 1. The van der Waals surface area contributed by atoms with E-state index < -0.39 is 11.9 Å². The number of methoxy groups -OCH3 is 1. The van der Waals surface area contributed by atoms with Crippen molar-refractivity contribution in [2.45, 2.75) is 39.2 Å². The van der Waals surface area contributed by atoms with Crippen LogP contribution in [0.2, 0.25) is 0 Å². The van der Waals surface area contributed by atoms with E-state index in [-0.39, 0.29) is 37.4 Å². The molecule has 26 heavy (non-hydrogen) atoms. The van der Waals surface area contributed by atoms with Crippen LogP contribution >= 0.6 is 0 Å². The van der Waals surface area contributed by atoms with Gasteiger partial charge in [-0.05, 0) is 25.0 Å². The predicted octanol–water partition coefficient (Wildman–Crippen LogP) is 1.90. The number of ether oxygens (including phenoxy) is 2. The summed E-state index contributed by atoms with van der Waals surface area (Å²) in [7, 11) is 1.53. The Hall–Kier alpha value is -2.57. The molecule has 1 aromatic rings. The molecule has 0 radical (unpaired) electrons. The molecule has 2 rings (SSSR count). The molecule has 142 valence electrons. The molecule has 1 heterocycles. The first-order valence-electron chi connectivity index (χ1n) is 8.89. The second-order valence-electron chi connectivity index (χ2n) is 6.27. The van der Waals surface area contributed by atoms with Crippen LogP contribution in [0.1, 0.15) is 33.1 Å². The third-order valence-corrected chi connectivity index (χ3v) is 4.53. The van der Waals surface area contributed by atoms with Crippen LogP contribution in [0.5, 0.6) is 5.75 Å². The van der Waals surface area contributed by atoms with Crippen LogP contribution in [0.25, 0.3) is 0 Å². The summed E-state index contributed by atoms with van der Waals surface area (Å²) in [6.45, 7) is 3.86. The van der Waals surface area contributed by atoms with Crippen molar-refractivity contribution in [2.24, 2.45) is 5.92 Å². The summed E-state index contributed by atoms with van der Waals surface area (Å²) in [4.78, 5) is 37.9. The van der Waals surface area contributed by atoms with Gasteiger partial charge in [0, 0.05) is 19.0 Å². The molecule has 2 amide bonds. The van der Waals surface area contributed by atoms with Crippen molar-refractivity contribution in [3.8, 4) is 5.75 Å². The maximum Gasteiger partial charge on any atom is 0.311 e. The first-order chi connectivity index (χ1) is 12.5. The highest BCUT2D eigenvalue weighted by molar-refractivity contribution is 6.00. The van der Waals surface area contributed by atoms with Crippen LogP contribution in [-0.2, 0) is 19.1 Å². The van der Waals surface area contributed by atoms with Crippen molar-refractivity contribution < 1.29 is 23.9 Å². The van der Waals surface area contributed by atoms with Gasteiger partial charge in [-0.3, -0.25) is 14.4 Å². The molecule has 1 saturated heterocycles. The Bertz CT molecular complexity index is 657. The van der Waals surface area contributed by atoms with Crippen LogP contribution in [0.15, 0.2) is 24.3 Å². The minimum absolute atomic E-state index is 0.0606. The Morgan fingerprint density at radius 3 is 2.62 bits per heavy atom. The van der Waals surface area contributed by atoms with Gasteiger partial charge in [-0.15, -0.1) is 0 Å². The van der Waals surface area contributed by atoms with Crippen LogP contribution < -0.4 is 15.0 Å². The van der Waals surface area contributed by atoms with E-state index in [2.05, 4.69) is 5.32 Å². The van der Waals surface area contributed by atoms with E-state index in [4.69, 9.17) is 9.47 Å². The van der Waals surface area contributed by atoms with Gasteiger partial charge in [0.15, 0.2) is 6.61 Å². The molecule has 0 bridgehead atoms. The molecule has 0 aliphatic carbocycles. The van der Waals surface area contributed by atoms with E-state index in [9.17, 15) is 14.4 Å². The second-order valence-corrected chi connectivity index (χ2v) is 6.27. The smallest absolute Gasteiger partial charge is 0.311 e. The Morgan fingerprint density at radius 1 is 1.27 bits per heavy atom. The Labute approximate surface area is 153 Å². The van der Waals surface area contributed by atoms with E-state index in [1.165, 1.54) is 12.0 Å². The van der Waals surface area contributed by atoms with E-state index >= 15 is 0 Å². The lowest BCUT2D eigenvalue weighted by atomic mass is 10.1. The average Bonchev–Trinajstić information content (AvgIpc) is 3.05. The number of anilines is 1. The van der Waals surface area contributed by atoms with Crippen LogP contribution in [0.3, 0.4) is 0 Å². The largest absolute Gasteiger partial charge is 0.495 e. The topological polar surface area (TPSA) is 84.9 Å². The molecule has 1 aliphatic heterocycles. The third kappa shape index (κ3) is 4.74. The van der Waals surface area contributed by atoms with Crippen molar-refractivity contribution in [1.82, 2.24) is 5.32 Å². The number of amides is 2. The SMILES string of the molecule is CCC(CC)NC(=O)COC(=O)[C@H]1CC(=O)N(c2ccccc2OC)C1. The molecule has 1 aromatic carbocycles. The number of nitrogens with one attached hydrogen (secondary N) is 1. The molecule has 1 N–H and O–H groups in total. The first kappa shape index (κ1) is 19.8. The van der Waals surface area contributed by atoms with Gasteiger partial charge in [0.25, 0.3) is 5.91 Å². The number of benzene rings is 1. The van der Waals surface area contributed by atoms with Crippen molar-refractivity contribution in [1.29, 1.82) is 0 Å². The average molecular weight is 362 g/mol. The maximum atomic E-state index is 12.3. The molecule has 0 aromatic heterocycles. The van der Waals surface area contributed by atoms with E-state index in [0.717, 1.165) is 12.8 Å². The van der Waals surface area contributed by atoms with Gasteiger partial charge in [0.2, 0.25) is 5.91 Å². The minimum Gasteiger partial charge on any atom is -0.495 e. The van der Waals surface area contributed by atoms with Gasteiger partial charge in [-0.2, -0.15) is 0 Å². The summed E-state index contributed by atoms with van der Waals surface area (Å²) >= 11 is 0. The van der Waals surface area contributed by atoms with Gasteiger partial charge < -0.3 is 19.7 Å². The molecule has 7 heteroatoms. The first-order valence-corrected chi connectivity index (χ1v) is 8.89. The third-order valence-electron chi connectivity index (χ3n) is 4.53. The predicted molar refractivity (Wildman–Crippen MR) is 96.9 cm³/mol. The van der Waals surface area contributed by atoms with E-state index in [1.54, 1.807) is 18.2 Å². The molecule has 1 fully saturated rings. The minimum atomic E-state index is -0.589. The zero-order valence-corrected chi connectivity index (χ0v) is 15.5. The number of carbonyl (C=O) groups is 3. The summed E-state index contributed by atoms with van der Waals surface area (Å²) in [5.41, 5.74) is 0.627. The van der Waals surface area contributed by atoms with Gasteiger partial charge in [0.05, 0.1) is 18.7 Å². The number of hydrogen-bond donors (Lipinski definition) is 1. The number of rotatable bonds is 8. The normalized spacial score (nSPS) is 16.7. The quantitative estimate of drug-likeness (QED) is 0.714. The highest BCUT2D eigenvalue weighted by Gasteiger charge is 2.37. The number of nitrogens with zero attached hydrogens (tertiary/aromatic N) is 1. The highest BCUT2D eigenvalue weighted by atomic mass is 16.5. The van der Waals surface area contributed by atoms with Crippen LogP contribution in [0, 0.1) is 5.92 Å². The van der Waals surface area contributed by atoms with E-state index in [1.807, 2.05) is 19.9 Å². The van der Waals surface area contributed by atoms with Gasteiger partial charge in [-0.1, -0.05) is 26.0 Å². The summed E-state index contributed by atoms with van der Waals surface area (Å²) in [5, 5.41) is 2.81. The number of hydrogen-bond acceptors (Lipinski definition) is 5. The Kier molecular flexibility index (Phi) is 7.00. The maximum absolute atomic E-state index is 12.3. The molecule has 0 saturated carbocycles. The molecule has 0 spiro atoms.